The first kappa shape index (κ1) is 89.1. The normalized spacial score (nSPS) is 13.6. The molecule has 0 saturated carbocycles. The van der Waals surface area contributed by atoms with Gasteiger partial charge in [-0.3, -0.25) is 76.5 Å². The van der Waals surface area contributed by atoms with E-state index in [1.165, 1.54) is 19.1 Å². The van der Waals surface area contributed by atoms with Crippen molar-refractivity contribution in [1.82, 2.24) is 53.2 Å². The maximum Gasteiger partial charge on any atom is 0.329 e. The summed E-state index contributed by atoms with van der Waals surface area (Å²) in [6, 6.07) is 7.46. The van der Waals surface area contributed by atoms with Crippen molar-refractivity contribution < 1.29 is 120 Å². The maximum absolute atomic E-state index is 14.4. The number of aliphatic hydroxyl groups excluding tert-OH is 1. The molecule has 0 unspecified atom stereocenters. The molecule has 9 atom stereocenters. The zero-order valence-electron chi connectivity index (χ0n) is 59.9. The molecule has 0 bridgehead atoms. The average molecular weight is 1550 g/mol. The van der Waals surface area contributed by atoms with E-state index in [2.05, 4.69) is 68.7 Å². The summed E-state index contributed by atoms with van der Waals surface area (Å²) in [7, 11) is -0.939. The predicted molar refractivity (Wildman–Crippen MR) is 384 cm³/mol. The van der Waals surface area contributed by atoms with Crippen molar-refractivity contribution in [3.63, 3.8) is 0 Å². The third-order valence-electron chi connectivity index (χ3n) is 16.0. The number of fused-ring (bicyclic) bond motifs is 1. The first-order valence-corrected chi connectivity index (χ1v) is 35.3. The number of hydrogen-bond acceptors (Lipinski definition) is 24. The Bertz CT molecular complexity index is 4090. The van der Waals surface area contributed by atoms with Crippen molar-refractivity contribution >= 4 is 138 Å². The Morgan fingerprint density at radius 2 is 0.972 bits per heavy atom. The summed E-state index contributed by atoms with van der Waals surface area (Å²) in [5, 5.41) is 82.7. The molecular weight excluding hydrogens is 1460 g/mol. The zero-order valence-corrected chi connectivity index (χ0v) is 60.7. The molecule has 0 aromatic heterocycles. The van der Waals surface area contributed by atoms with Gasteiger partial charge in [0.25, 0.3) is 21.9 Å². The van der Waals surface area contributed by atoms with E-state index in [0.717, 1.165) is 25.6 Å². The standard InChI is InChI=1S/C68H89N15O25S/c1-6-43(68(104)108-36(2)60(96)80-51(35-84)67(103)75-45(59(69)95)13-7-8-30-72-61(97)39-16-18-40(19-17-39)81-82-41-20-22-42(23-21-41)83(4)5)74-62(98)46(24-27-54(87)88)76-63(99)47(25-28-55(89)90)77-65(101)49(79-64(100)48(26-29-56(91)92)78-66(102)50(34-57(93)94)73-37(3)85)33-53(86)71-32-31-70-44-14-9-11-38-12-10-15-52(58(38)44)109(105,106)107/h9-12,14-23,36,43,45-51,70,84H,6-8,13,24-35H2,1-5H3,(H2,69,95)(H,71,86)(H,72,97)(H,73,85)(H,74,98)(H,75,103)(H,76,99)(H,77,101)(H,78,102)(H,79,100)(H,80,96)(H,87,88)(H,89,90)(H,91,92)(H,93,94)(H,105,106,107)/t36-,43-,45-,46+,47+,48-,49+,50+,51-/m0/s1. The van der Waals surface area contributed by atoms with Crippen molar-refractivity contribution in [2.24, 2.45) is 16.0 Å². The van der Waals surface area contributed by atoms with Crippen LogP contribution in [0.25, 0.3) is 10.8 Å². The number of rotatable bonds is 47. The number of ether oxygens (including phenoxy) is 1. The molecule has 11 amide bonds. The van der Waals surface area contributed by atoms with E-state index in [0.29, 0.717) is 28.7 Å². The number of hydrogen-bond donors (Lipinski definition) is 18. The largest absolute Gasteiger partial charge is 0.481 e. The van der Waals surface area contributed by atoms with Crippen LogP contribution in [0.15, 0.2) is 100 Å². The number of aliphatic hydroxyl groups is 1. The van der Waals surface area contributed by atoms with E-state index >= 15 is 0 Å². The highest BCUT2D eigenvalue weighted by Gasteiger charge is 2.37. The number of benzene rings is 4. The molecule has 0 aliphatic heterocycles. The van der Waals surface area contributed by atoms with E-state index in [-0.39, 0.29) is 50.0 Å². The smallest absolute Gasteiger partial charge is 0.329 e. The number of nitrogens with zero attached hydrogens (tertiary/aromatic N) is 3. The predicted octanol–water partition coefficient (Wildman–Crippen LogP) is -1.13. The molecule has 0 heterocycles. The first-order chi connectivity index (χ1) is 51.4. The molecule has 0 saturated heterocycles. The van der Waals surface area contributed by atoms with Gasteiger partial charge < -0.3 is 99.4 Å². The lowest BCUT2D eigenvalue weighted by atomic mass is 10.0. The van der Waals surface area contributed by atoms with Crippen LogP contribution in [-0.2, 0) is 86.8 Å². The fourth-order valence-electron chi connectivity index (χ4n) is 10.2. The third-order valence-corrected chi connectivity index (χ3v) is 16.9. The van der Waals surface area contributed by atoms with E-state index in [1.807, 2.05) is 43.3 Å². The highest BCUT2D eigenvalue weighted by molar-refractivity contribution is 7.86. The number of carboxylic acid groups (broad SMARTS) is 4. The van der Waals surface area contributed by atoms with Crippen LogP contribution in [-0.4, -0.2) is 228 Å². The number of nitrogens with one attached hydrogen (secondary N) is 11. The second-order valence-corrected chi connectivity index (χ2v) is 26.1. The molecular formula is C68H89N15O25S. The van der Waals surface area contributed by atoms with E-state index in [9.17, 15) is 115 Å². The van der Waals surface area contributed by atoms with Gasteiger partial charge in [-0.05, 0) is 118 Å². The maximum atomic E-state index is 14.4. The number of azo groups is 1. The van der Waals surface area contributed by atoms with Crippen molar-refractivity contribution in [1.29, 1.82) is 0 Å². The molecule has 0 aliphatic rings. The molecule has 4 aromatic carbocycles. The summed E-state index contributed by atoms with van der Waals surface area (Å²) in [6.07, 6.45) is -8.88. The van der Waals surface area contributed by atoms with Crippen LogP contribution < -0.4 is 69.1 Å². The number of unbranched alkanes of at least 4 members (excludes halogenated alkanes) is 1. The van der Waals surface area contributed by atoms with Gasteiger partial charge in [0.15, 0.2) is 6.10 Å². The van der Waals surface area contributed by atoms with Gasteiger partial charge in [0.1, 0.15) is 53.2 Å². The van der Waals surface area contributed by atoms with Crippen molar-refractivity contribution in [2.75, 3.05) is 50.6 Å². The van der Waals surface area contributed by atoms with E-state index in [1.54, 1.807) is 42.5 Å². The fourth-order valence-corrected chi connectivity index (χ4v) is 10.9. The first-order valence-electron chi connectivity index (χ1n) is 33.9. The molecule has 19 N–H and O–H groups in total. The van der Waals surface area contributed by atoms with Crippen molar-refractivity contribution in [2.45, 2.75) is 157 Å². The van der Waals surface area contributed by atoms with Crippen LogP contribution >= 0.6 is 0 Å². The Morgan fingerprint density at radius 1 is 0.514 bits per heavy atom. The Balaban J connectivity index is 1.46. The summed E-state index contributed by atoms with van der Waals surface area (Å²) in [4.78, 5) is 210. The van der Waals surface area contributed by atoms with Crippen LogP contribution in [0, 0.1) is 0 Å². The minimum atomic E-state index is -4.76. The van der Waals surface area contributed by atoms with Gasteiger partial charge in [0.05, 0.1) is 30.8 Å². The second kappa shape index (κ2) is 44.0. The minimum absolute atomic E-state index is 0.0477. The SMILES string of the molecule is CC[C@H](NC(=O)[C@@H](CCC(=O)O)NC(=O)[C@@H](CCC(=O)O)NC(=O)[C@@H](CC(=O)NCCNc1cccc2cccc(S(=O)(=O)O)c12)NC(=O)[C@H](CCC(=O)O)NC(=O)[C@@H](CC(=O)O)NC(C)=O)C(=O)O[C@@H](C)C(=O)N[C@@H](CO)C(=O)N[C@@H](CCCCNC(=O)c1ccc(N=Nc2ccc(N(C)C)cc2)cc1)C(N)=O. The number of aliphatic carboxylic acids is 4. The fraction of sp³-hybridized carbons (Fsp3) is 0.441. The molecule has 41 heteroatoms. The Kier molecular flexibility index (Phi) is 36.0. The Morgan fingerprint density at radius 3 is 1.44 bits per heavy atom. The summed E-state index contributed by atoms with van der Waals surface area (Å²) in [6.45, 7) is 1.85. The number of nitrogens with two attached hydrogens (primary N) is 1. The molecule has 109 heavy (non-hydrogen) atoms. The number of carbonyl (C=O) groups is 16. The number of primary amides is 1. The molecule has 4 rings (SSSR count). The van der Waals surface area contributed by atoms with E-state index in [4.69, 9.17) is 10.5 Å². The Labute approximate surface area is 623 Å². The van der Waals surface area contributed by atoms with E-state index < -0.39 is 222 Å². The molecule has 592 valence electrons. The summed E-state index contributed by atoms with van der Waals surface area (Å²) in [5.41, 5.74) is 8.16. The topological polar surface area (TPSA) is 624 Å². The molecule has 0 fully saturated rings. The lowest BCUT2D eigenvalue weighted by Crippen LogP contribution is -2.60. The number of amides is 11. The lowest BCUT2D eigenvalue weighted by molar-refractivity contribution is -0.158. The molecule has 4 aromatic rings. The second-order valence-electron chi connectivity index (χ2n) is 24.7. The molecule has 40 nitrogen and oxygen atoms in total. The van der Waals surface area contributed by atoms with Crippen molar-refractivity contribution in [3.8, 4) is 0 Å². The van der Waals surface area contributed by atoms with Gasteiger partial charge in [-0.15, -0.1) is 0 Å². The summed E-state index contributed by atoms with van der Waals surface area (Å²) >= 11 is 0. The molecule has 0 aliphatic carbocycles. The van der Waals surface area contributed by atoms with Crippen LogP contribution in [0.1, 0.15) is 108 Å². The highest BCUT2D eigenvalue weighted by Crippen LogP contribution is 2.30. The van der Waals surface area contributed by atoms with Crippen LogP contribution in [0.5, 0.6) is 0 Å². The zero-order chi connectivity index (χ0) is 81.2. The molecule has 0 spiro atoms. The number of carbonyl (C=O) groups excluding carboxylic acids is 12. The van der Waals surface area contributed by atoms with Gasteiger partial charge in [0.2, 0.25) is 53.2 Å². The van der Waals surface area contributed by atoms with Gasteiger partial charge in [-0.25, -0.2) is 4.79 Å². The van der Waals surface area contributed by atoms with Crippen LogP contribution in [0.4, 0.5) is 22.7 Å². The number of esters is 1. The Hall–Kier alpha value is -12.3. The van der Waals surface area contributed by atoms with Gasteiger partial charge in [-0.2, -0.15) is 18.6 Å². The monoisotopic (exact) mass is 1550 g/mol. The van der Waals surface area contributed by atoms with Crippen molar-refractivity contribution in [3.05, 3.63) is 90.5 Å². The average Bonchev–Trinajstić information content (AvgIpc) is 0.781. The highest BCUT2D eigenvalue weighted by atomic mass is 32.2. The summed E-state index contributed by atoms with van der Waals surface area (Å²) in [5.74, 6) is -20.2. The lowest BCUT2D eigenvalue weighted by Gasteiger charge is -2.27. The van der Waals surface area contributed by atoms with Gasteiger partial charge in [-0.1, -0.05) is 31.2 Å². The number of carboxylic acids is 4. The molecule has 0 radical (unpaired) electrons. The summed E-state index contributed by atoms with van der Waals surface area (Å²) < 4.78 is 39.7. The minimum Gasteiger partial charge on any atom is -0.481 e. The third kappa shape index (κ3) is 31.0. The van der Waals surface area contributed by atoms with Gasteiger partial charge >= 0.3 is 29.8 Å². The number of anilines is 2. The van der Waals surface area contributed by atoms with Crippen LogP contribution in [0.2, 0.25) is 0 Å². The van der Waals surface area contributed by atoms with Gasteiger partial charge in [0, 0.05) is 82.2 Å². The van der Waals surface area contributed by atoms with Crippen LogP contribution in [0.3, 0.4) is 0 Å². The quantitative estimate of drug-likeness (QED) is 0.0108.